The predicted molar refractivity (Wildman–Crippen MR) is 80.1 cm³/mol. The molecule has 100 valence electrons. The maximum Gasteiger partial charge on any atom is 0.232 e. The van der Waals surface area contributed by atoms with Crippen LogP contribution in [0.5, 0.6) is 5.88 Å². The van der Waals surface area contributed by atoms with Gasteiger partial charge in [-0.3, -0.25) is 0 Å². The molecular formula is C13H14BrN3OS. The molecule has 3 rings (SSSR count). The quantitative estimate of drug-likeness (QED) is 0.840. The van der Waals surface area contributed by atoms with E-state index in [0.717, 1.165) is 23.4 Å². The minimum atomic E-state index is 0.306. The minimum Gasteiger partial charge on any atom is -0.480 e. The van der Waals surface area contributed by atoms with E-state index in [4.69, 9.17) is 4.74 Å². The van der Waals surface area contributed by atoms with Crippen molar-refractivity contribution in [3.8, 4) is 5.88 Å². The second-order valence-electron chi connectivity index (χ2n) is 4.45. The first-order valence-electron chi connectivity index (χ1n) is 6.10. The molecule has 0 amide bonds. The summed E-state index contributed by atoms with van der Waals surface area (Å²) in [6.45, 7) is 3.14. The Hall–Kier alpha value is -1.14. The predicted octanol–water partition coefficient (Wildman–Crippen LogP) is 3.43. The average molecular weight is 340 g/mol. The van der Waals surface area contributed by atoms with Crippen molar-refractivity contribution in [3.63, 3.8) is 0 Å². The number of aromatic nitrogens is 2. The zero-order valence-corrected chi connectivity index (χ0v) is 13.2. The average Bonchev–Trinajstić information content (AvgIpc) is 2.89. The number of nitrogens with zero attached hydrogens (tertiary/aromatic N) is 3. The normalized spacial score (nSPS) is 18.3. The van der Waals surface area contributed by atoms with Gasteiger partial charge < -0.3 is 9.64 Å². The van der Waals surface area contributed by atoms with Crippen molar-refractivity contribution in [3.05, 3.63) is 32.6 Å². The van der Waals surface area contributed by atoms with Gasteiger partial charge in [-0.2, -0.15) is 4.98 Å². The highest BCUT2D eigenvalue weighted by Gasteiger charge is 2.27. The Bertz CT molecular complexity index is 601. The van der Waals surface area contributed by atoms with Crippen molar-refractivity contribution in [1.82, 2.24) is 9.97 Å². The third-order valence-electron chi connectivity index (χ3n) is 3.43. The molecule has 6 heteroatoms. The smallest absolute Gasteiger partial charge is 0.232 e. The Labute approximate surface area is 124 Å². The summed E-state index contributed by atoms with van der Waals surface area (Å²) in [5.74, 6) is 1.30. The van der Waals surface area contributed by atoms with Crippen molar-refractivity contribution < 1.29 is 4.74 Å². The number of thiophene rings is 1. The van der Waals surface area contributed by atoms with Crippen LogP contribution in [0.1, 0.15) is 23.4 Å². The largest absolute Gasteiger partial charge is 0.480 e. The summed E-state index contributed by atoms with van der Waals surface area (Å²) in [4.78, 5) is 12.6. The van der Waals surface area contributed by atoms with Crippen molar-refractivity contribution in [2.45, 2.75) is 19.4 Å². The summed E-state index contributed by atoms with van der Waals surface area (Å²) < 4.78 is 6.02. The number of ether oxygens (including phenoxy) is 1. The van der Waals surface area contributed by atoms with Crippen molar-refractivity contribution >= 4 is 33.2 Å². The highest BCUT2D eigenvalue weighted by molar-refractivity contribution is 9.10. The molecule has 0 spiro atoms. The molecule has 2 aromatic rings. The Balaban J connectivity index is 1.95. The molecule has 1 aliphatic heterocycles. The van der Waals surface area contributed by atoms with Gasteiger partial charge in [0.25, 0.3) is 0 Å². The monoisotopic (exact) mass is 339 g/mol. The summed E-state index contributed by atoms with van der Waals surface area (Å²) in [7, 11) is 1.62. The van der Waals surface area contributed by atoms with E-state index >= 15 is 0 Å². The van der Waals surface area contributed by atoms with Gasteiger partial charge in [-0.25, -0.2) is 4.98 Å². The molecule has 0 saturated heterocycles. The molecule has 3 heterocycles. The van der Waals surface area contributed by atoms with Crippen molar-refractivity contribution in [2.24, 2.45) is 0 Å². The van der Waals surface area contributed by atoms with Gasteiger partial charge in [0, 0.05) is 11.4 Å². The van der Waals surface area contributed by atoms with Crippen LogP contribution in [-0.2, 0) is 6.42 Å². The summed E-state index contributed by atoms with van der Waals surface area (Å²) >= 11 is 5.22. The molecule has 0 aromatic carbocycles. The van der Waals surface area contributed by atoms with Gasteiger partial charge in [-0.05, 0) is 46.3 Å². The molecule has 0 bridgehead atoms. The summed E-state index contributed by atoms with van der Waals surface area (Å²) in [6.07, 6.45) is 2.80. The topological polar surface area (TPSA) is 38.2 Å². The third kappa shape index (κ3) is 2.23. The van der Waals surface area contributed by atoms with E-state index in [2.05, 4.69) is 49.2 Å². The maximum absolute atomic E-state index is 5.24. The zero-order chi connectivity index (χ0) is 13.4. The summed E-state index contributed by atoms with van der Waals surface area (Å²) in [5, 5.41) is 2.16. The number of methoxy groups -OCH3 is 1. The molecule has 1 aliphatic rings. The molecule has 1 unspecified atom stereocenters. The van der Waals surface area contributed by atoms with Crippen LogP contribution >= 0.6 is 27.3 Å². The summed E-state index contributed by atoms with van der Waals surface area (Å²) in [6, 6.07) is 2.51. The van der Waals surface area contributed by atoms with E-state index < -0.39 is 0 Å². The van der Waals surface area contributed by atoms with Crippen LogP contribution in [0.4, 0.5) is 5.95 Å². The highest BCUT2D eigenvalue weighted by Crippen LogP contribution is 2.35. The van der Waals surface area contributed by atoms with E-state index in [0.29, 0.717) is 11.9 Å². The number of halogens is 1. The SMILES string of the molecule is COc1nc(N2CCc3sccc3C2C)ncc1Br. The first kappa shape index (κ1) is 12.9. The van der Waals surface area contributed by atoms with Crippen LogP contribution in [0.2, 0.25) is 0 Å². The molecule has 0 fully saturated rings. The first-order chi connectivity index (χ1) is 9.20. The van der Waals surface area contributed by atoms with Gasteiger partial charge in [0.2, 0.25) is 11.8 Å². The molecular weight excluding hydrogens is 326 g/mol. The number of hydrogen-bond donors (Lipinski definition) is 0. The number of hydrogen-bond acceptors (Lipinski definition) is 5. The van der Waals surface area contributed by atoms with E-state index in [1.165, 1.54) is 10.4 Å². The maximum atomic E-state index is 5.24. The van der Waals surface area contributed by atoms with Gasteiger partial charge in [0.15, 0.2) is 0 Å². The van der Waals surface area contributed by atoms with Gasteiger partial charge in [-0.15, -0.1) is 11.3 Å². The van der Waals surface area contributed by atoms with Crippen LogP contribution in [0.25, 0.3) is 0 Å². The Morgan fingerprint density at radius 2 is 2.37 bits per heavy atom. The molecule has 2 aromatic heterocycles. The molecule has 19 heavy (non-hydrogen) atoms. The fourth-order valence-electron chi connectivity index (χ4n) is 2.41. The van der Waals surface area contributed by atoms with Gasteiger partial charge in [0.1, 0.15) is 0 Å². The Kier molecular flexibility index (Phi) is 3.45. The fraction of sp³-hybridized carbons (Fsp3) is 0.385. The van der Waals surface area contributed by atoms with E-state index in [9.17, 15) is 0 Å². The zero-order valence-electron chi connectivity index (χ0n) is 10.8. The van der Waals surface area contributed by atoms with Crippen LogP contribution in [-0.4, -0.2) is 23.6 Å². The van der Waals surface area contributed by atoms with Crippen LogP contribution in [0.15, 0.2) is 22.1 Å². The van der Waals surface area contributed by atoms with E-state index in [-0.39, 0.29) is 0 Å². The van der Waals surface area contributed by atoms with E-state index in [1.807, 2.05) is 11.3 Å². The van der Waals surface area contributed by atoms with Crippen molar-refractivity contribution in [2.75, 3.05) is 18.6 Å². The second kappa shape index (κ2) is 5.09. The highest BCUT2D eigenvalue weighted by atomic mass is 79.9. The van der Waals surface area contributed by atoms with E-state index in [1.54, 1.807) is 13.3 Å². The third-order valence-corrected chi connectivity index (χ3v) is 4.97. The molecule has 0 aliphatic carbocycles. The first-order valence-corrected chi connectivity index (χ1v) is 7.77. The lowest BCUT2D eigenvalue weighted by molar-refractivity contribution is 0.393. The molecule has 0 N–H and O–H groups in total. The van der Waals surface area contributed by atoms with Crippen LogP contribution < -0.4 is 9.64 Å². The summed E-state index contributed by atoms with van der Waals surface area (Å²) in [5.41, 5.74) is 1.39. The van der Waals surface area contributed by atoms with Crippen molar-refractivity contribution in [1.29, 1.82) is 0 Å². The molecule has 0 saturated carbocycles. The number of rotatable bonds is 2. The number of anilines is 1. The Morgan fingerprint density at radius 3 is 3.16 bits per heavy atom. The fourth-order valence-corrected chi connectivity index (χ4v) is 3.72. The second-order valence-corrected chi connectivity index (χ2v) is 6.30. The lowest BCUT2D eigenvalue weighted by Crippen LogP contribution is -2.34. The molecule has 4 nitrogen and oxygen atoms in total. The van der Waals surface area contributed by atoms with Gasteiger partial charge in [0.05, 0.1) is 23.8 Å². The minimum absolute atomic E-state index is 0.306. The molecule has 1 atom stereocenters. The van der Waals surface area contributed by atoms with Crippen LogP contribution in [0.3, 0.4) is 0 Å². The van der Waals surface area contributed by atoms with Gasteiger partial charge in [-0.1, -0.05) is 0 Å². The Morgan fingerprint density at radius 1 is 1.53 bits per heavy atom. The lowest BCUT2D eigenvalue weighted by atomic mass is 10.0. The number of fused-ring (bicyclic) bond motifs is 1. The lowest BCUT2D eigenvalue weighted by Gasteiger charge is -2.33. The van der Waals surface area contributed by atoms with Gasteiger partial charge >= 0.3 is 0 Å². The molecule has 0 radical (unpaired) electrons. The standard InChI is InChI=1S/C13H14BrN3OS/c1-8-9-4-6-19-11(9)3-5-17(8)13-15-7-10(14)12(16-13)18-2/h4,6-8H,3,5H2,1-2H3. The van der Waals surface area contributed by atoms with Crippen LogP contribution in [0, 0.1) is 0 Å².